The lowest BCUT2D eigenvalue weighted by Gasteiger charge is -2.20. The van der Waals surface area contributed by atoms with Crippen LogP contribution in [0.25, 0.3) is 0 Å². The van der Waals surface area contributed by atoms with Crippen molar-refractivity contribution in [3.63, 3.8) is 0 Å². The zero-order valence-corrected chi connectivity index (χ0v) is 11.0. The van der Waals surface area contributed by atoms with Gasteiger partial charge in [-0.2, -0.15) is 0 Å². The summed E-state index contributed by atoms with van der Waals surface area (Å²) < 4.78 is 4.60. The minimum absolute atomic E-state index is 0.315. The molecular formula is C14H19NO3. The molecular weight excluding hydrogens is 230 g/mol. The first-order valence-corrected chi connectivity index (χ1v) is 5.89. The van der Waals surface area contributed by atoms with E-state index in [0.29, 0.717) is 6.54 Å². The lowest BCUT2D eigenvalue weighted by Crippen LogP contribution is -2.43. The van der Waals surface area contributed by atoms with Crippen molar-refractivity contribution in [1.29, 1.82) is 0 Å². The lowest BCUT2D eigenvalue weighted by atomic mass is 9.92. The summed E-state index contributed by atoms with van der Waals surface area (Å²) in [5.41, 5.74) is -0.000463. The number of hydrogen-bond acceptors (Lipinski definition) is 3. The number of amides is 1. The summed E-state index contributed by atoms with van der Waals surface area (Å²) in [6.45, 7) is 3.61. The molecule has 1 N–H and O–H groups in total. The summed E-state index contributed by atoms with van der Waals surface area (Å²) in [6, 6.07) is 9.85. The smallest absolute Gasteiger partial charge is 0.320 e. The molecule has 1 aromatic rings. The van der Waals surface area contributed by atoms with Crippen molar-refractivity contribution in [3.05, 3.63) is 35.9 Å². The lowest BCUT2D eigenvalue weighted by molar-refractivity contribution is -0.156. The molecule has 18 heavy (non-hydrogen) atoms. The van der Waals surface area contributed by atoms with Crippen LogP contribution >= 0.6 is 0 Å². The highest BCUT2D eigenvalue weighted by Gasteiger charge is 2.36. The summed E-state index contributed by atoms with van der Waals surface area (Å²) in [5, 5.41) is 2.75. The molecule has 0 unspecified atom stereocenters. The van der Waals surface area contributed by atoms with Gasteiger partial charge in [-0.1, -0.05) is 30.3 Å². The highest BCUT2D eigenvalue weighted by atomic mass is 16.5. The van der Waals surface area contributed by atoms with Gasteiger partial charge in [0.2, 0.25) is 5.91 Å². The van der Waals surface area contributed by atoms with E-state index in [1.54, 1.807) is 13.8 Å². The molecule has 0 aliphatic heterocycles. The van der Waals surface area contributed by atoms with Gasteiger partial charge in [0.1, 0.15) is 5.41 Å². The zero-order chi connectivity index (χ0) is 13.6. The van der Waals surface area contributed by atoms with Crippen LogP contribution in [0.2, 0.25) is 0 Å². The standard InChI is InChI=1S/C14H19NO3/c1-14(2,13(17)18-3)12(16)15-10-9-11-7-5-4-6-8-11/h4-8H,9-10H2,1-3H3,(H,15,16). The van der Waals surface area contributed by atoms with E-state index in [-0.39, 0.29) is 5.91 Å². The second-order valence-corrected chi connectivity index (χ2v) is 4.61. The normalized spacial score (nSPS) is 10.8. The molecule has 0 saturated carbocycles. The Kier molecular flexibility index (Phi) is 4.89. The Morgan fingerprint density at radius 2 is 1.83 bits per heavy atom. The number of hydrogen-bond donors (Lipinski definition) is 1. The molecule has 98 valence electrons. The van der Waals surface area contributed by atoms with Crippen LogP contribution in [0, 0.1) is 5.41 Å². The molecule has 0 radical (unpaired) electrons. The maximum Gasteiger partial charge on any atom is 0.320 e. The van der Waals surface area contributed by atoms with Gasteiger partial charge in [-0.05, 0) is 25.8 Å². The number of carbonyl (C=O) groups is 2. The molecule has 1 rings (SSSR count). The number of carbonyl (C=O) groups excluding carboxylic acids is 2. The van der Waals surface area contributed by atoms with Crippen molar-refractivity contribution in [3.8, 4) is 0 Å². The van der Waals surface area contributed by atoms with E-state index in [9.17, 15) is 9.59 Å². The number of nitrogens with one attached hydrogen (secondary N) is 1. The fraction of sp³-hybridized carbons (Fsp3) is 0.429. The topological polar surface area (TPSA) is 55.4 Å². The van der Waals surface area contributed by atoms with Crippen molar-refractivity contribution in [2.45, 2.75) is 20.3 Å². The second kappa shape index (κ2) is 6.19. The van der Waals surface area contributed by atoms with Gasteiger partial charge in [-0.15, -0.1) is 0 Å². The molecule has 0 spiro atoms. The number of rotatable bonds is 5. The summed E-state index contributed by atoms with van der Waals surface area (Å²) in [7, 11) is 1.28. The molecule has 4 heteroatoms. The van der Waals surface area contributed by atoms with Crippen LogP contribution in [0.15, 0.2) is 30.3 Å². The Bertz CT molecular complexity index is 412. The molecule has 1 amide bonds. The molecule has 4 nitrogen and oxygen atoms in total. The minimum Gasteiger partial charge on any atom is -0.468 e. The van der Waals surface area contributed by atoms with Crippen molar-refractivity contribution in [1.82, 2.24) is 5.32 Å². The Balaban J connectivity index is 2.44. The monoisotopic (exact) mass is 249 g/mol. The zero-order valence-electron chi connectivity index (χ0n) is 11.0. The Labute approximate surface area is 107 Å². The third-order valence-corrected chi connectivity index (χ3v) is 2.81. The van der Waals surface area contributed by atoms with E-state index in [1.807, 2.05) is 30.3 Å². The van der Waals surface area contributed by atoms with Crippen LogP contribution in [0.5, 0.6) is 0 Å². The van der Waals surface area contributed by atoms with Gasteiger partial charge in [0.25, 0.3) is 0 Å². The molecule has 0 saturated heterocycles. The third-order valence-electron chi connectivity index (χ3n) is 2.81. The van der Waals surface area contributed by atoms with Crippen molar-refractivity contribution >= 4 is 11.9 Å². The van der Waals surface area contributed by atoms with E-state index in [4.69, 9.17) is 0 Å². The van der Waals surface area contributed by atoms with Gasteiger partial charge in [-0.25, -0.2) is 0 Å². The van der Waals surface area contributed by atoms with E-state index in [1.165, 1.54) is 7.11 Å². The number of esters is 1. The first kappa shape index (κ1) is 14.2. The van der Waals surface area contributed by atoms with Crippen LogP contribution in [-0.2, 0) is 20.7 Å². The first-order chi connectivity index (χ1) is 8.48. The number of methoxy groups -OCH3 is 1. The maximum atomic E-state index is 11.8. The van der Waals surface area contributed by atoms with E-state index in [0.717, 1.165) is 12.0 Å². The average Bonchev–Trinajstić information content (AvgIpc) is 2.38. The summed E-state index contributed by atoms with van der Waals surface area (Å²) >= 11 is 0. The predicted octanol–water partition coefficient (Wildman–Crippen LogP) is 1.54. The summed E-state index contributed by atoms with van der Waals surface area (Å²) in [5.74, 6) is -0.843. The van der Waals surface area contributed by atoms with E-state index in [2.05, 4.69) is 10.1 Å². The fourth-order valence-electron chi connectivity index (χ4n) is 1.53. The SMILES string of the molecule is COC(=O)C(C)(C)C(=O)NCCc1ccccc1. The van der Waals surface area contributed by atoms with Crippen molar-refractivity contribution < 1.29 is 14.3 Å². The first-order valence-electron chi connectivity index (χ1n) is 5.89. The molecule has 0 bridgehead atoms. The van der Waals surface area contributed by atoms with E-state index >= 15 is 0 Å². The highest BCUT2D eigenvalue weighted by molar-refractivity contribution is 6.01. The predicted molar refractivity (Wildman–Crippen MR) is 69.0 cm³/mol. The van der Waals surface area contributed by atoms with Crippen molar-refractivity contribution in [2.75, 3.05) is 13.7 Å². The minimum atomic E-state index is -1.15. The number of ether oxygens (including phenoxy) is 1. The third kappa shape index (κ3) is 3.58. The quantitative estimate of drug-likeness (QED) is 0.636. The van der Waals surface area contributed by atoms with Crippen LogP contribution in [-0.4, -0.2) is 25.5 Å². The maximum absolute atomic E-state index is 11.8. The molecule has 0 aliphatic rings. The van der Waals surface area contributed by atoms with Gasteiger partial charge in [0.15, 0.2) is 0 Å². The largest absolute Gasteiger partial charge is 0.468 e. The van der Waals surface area contributed by atoms with Gasteiger partial charge >= 0.3 is 5.97 Å². The van der Waals surface area contributed by atoms with Gasteiger partial charge in [0.05, 0.1) is 7.11 Å². The molecule has 0 fully saturated rings. The molecule has 0 atom stereocenters. The Hall–Kier alpha value is -1.84. The Morgan fingerprint density at radius 3 is 2.39 bits per heavy atom. The fourth-order valence-corrected chi connectivity index (χ4v) is 1.53. The molecule has 0 heterocycles. The summed E-state index contributed by atoms with van der Waals surface area (Å²) in [4.78, 5) is 23.3. The molecule has 1 aromatic carbocycles. The Morgan fingerprint density at radius 1 is 1.22 bits per heavy atom. The highest BCUT2D eigenvalue weighted by Crippen LogP contribution is 2.16. The van der Waals surface area contributed by atoms with Crippen LogP contribution in [0.4, 0.5) is 0 Å². The average molecular weight is 249 g/mol. The number of benzene rings is 1. The van der Waals surface area contributed by atoms with E-state index < -0.39 is 11.4 Å². The van der Waals surface area contributed by atoms with Crippen LogP contribution in [0.1, 0.15) is 19.4 Å². The summed E-state index contributed by atoms with van der Waals surface area (Å²) in [6.07, 6.45) is 0.740. The van der Waals surface area contributed by atoms with Gasteiger partial charge in [-0.3, -0.25) is 9.59 Å². The van der Waals surface area contributed by atoms with Crippen molar-refractivity contribution in [2.24, 2.45) is 5.41 Å². The van der Waals surface area contributed by atoms with Crippen LogP contribution in [0.3, 0.4) is 0 Å². The second-order valence-electron chi connectivity index (χ2n) is 4.61. The molecule has 0 aliphatic carbocycles. The molecule has 0 aromatic heterocycles. The van der Waals surface area contributed by atoms with Crippen LogP contribution < -0.4 is 5.32 Å². The van der Waals surface area contributed by atoms with Gasteiger partial charge < -0.3 is 10.1 Å². The van der Waals surface area contributed by atoms with Gasteiger partial charge in [0, 0.05) is 6.54 Å².